The quantitative estimate of drug-likeness (QED) is 0.860. The van der Waals surface area contributed by atoms with Crippen LogP contribution in [-0.4, -0.2) is 26.4 Å². The van der Waals surface area contributed by atoms with Gasteiger partial charge in [0.1, 0.15) is 6.33 Å². The molecule has 2 rings (SSSR count). The largest absolute Gasteiger partial charge is 0.416 e. The van der Waals surface area contributed by atoms with Crippen molar-refractivity contribution in [2.24, 2.45) is 7.05 Å². The van der Waals surface area contributed by atoms with Crippen molar-refractivity contribution in [3.05, 3.63) is 35.1 Å². The summed E-state index contributed by atoms with van der Waals surface area (Å²) in [6.07, 6.45) is -2.99. The van der Waals surface area contributed by atoms with Crippen molar-refractivity contribution in [3.63, 3.8) is 0 Å². The van der Waals surface area contributed by atoms with Gasteiger partial charge in [-0.25, -0.2) is 0 Å². The zero-order valence-corrected chi connectivity index (χ0v) is 12.8. The lowest BCUT2D eigenvalue weighted by atomic mass is 10.2. The predicted molar refractivity (Wildman–Crippen MR) is 76.8 cm³/mol. The lowest BCUT2D eigenvalue weighted by molar-refractivity contribution is -0.137. The van der Waals surface area contributed by atoms with Gasteiger partial charge in [-0.2, -0.15) is 13.2 Å². The summed E-state index contributed by atoms with van der Waals surface area (Å²) in [5, 5.41) is 10.3. The molecule has 0 saturated heterocycles. The van der Waals surface area contributed by atoms with Gasteiger partial charge in [-0.05, 0) is 18.2 Å². The second-order valence-electron chi connectivity index (χ2n) is 4.25. The van der Waals surface area contributed by atoms with E-state index in [1.165, 1.54) is 6.33 Å². The van der Waals surface area contributed by atoms with Gasteiger partial charge in [0, 0.05) is 7.05 Å². The van der Waals surface area contributed by atoms with Crippen molar-refractivity contribution in [1.82, 2.24) is 14.8 Å². The molecule has 1 N–H and O–H groups in total. The van der Waals surface area contributed by atoms with Gasteiger partial charge in [0.05, 0.1) is 22.0 Å². The molecular weight excluding hydrogens is 341 g/mol. The van der Waals surface area contributed by atoms with Crippen LogP contribution in [0.15, 0.2) is 29.7 Å². The molecule has 1 amide bonds. The van der Waals surface area contributed by atoms with E-state index in [-0.39, 0.29) is 16.5 Å². The maximum Gasteiger partial charge on any atom is 0.416 e. The van der Waals surface area contributed by atoms with E-state index in [4.69, 9.17) is 11.6 Å². The number of rotatable bonds is 4. The number of nitrogens with zero attached hydrogens (tertiary/aromatic N) is 3. The van der Waals surface area contributed by atoms with Crippen molar-refractivity contribution in [2.45, 2.75) is 11.3 Å². The number of carbonyl (C=O) groups is 1. The molecule has 0 aliphatic carbocycles. The topological polar surface area (TPSA) is 59.8 Å². The van der Waals surface area contributed by atoms with Gasteiger partial charge in [-0.3, -0.25) is 4.79 Å². The molecule has 0 aliphatic heterocycles. The molecule has 1 heterocycles. The first-order valence-electron chi connectivity index (χ1n) is 5.91. The Bertz CT molecular complexity index is 689. The third-order valence-electron chi connectivity index (χ3n) is 2.57. The first kappa shape index (κ1) is 16.6. The number of hydrogen-bond donors (Lipinski definition) is 1. The zero-order valence-electron chi connectivity index (χ0n) is 11.2. The molecule has 0 radical (unpaired) electrons. The lowest BCUT2D eigenvalue weighted by Gasteiger charge is -2.10. The predicted octanol–water partition coefficient (Wildman–Crippen LogP) is 3.22. The molecule has 0 spiro atoms. The molecule has 5 nitrogen and oxygen atoms in total. The Hall–Kier alpha value is -1.74. The van der Waals surface area contributed by atoms with E-state index < -0.39 is 17.6 Å². The van der Waals surface area contributed by atoms with Gasteiger partial charge >= 0.3 is 6.18 Å². The highest BCUT2D eigenvalue weighted by molar-refractivity contribution is 7.99. The Labute approximate surface area is 132 Å². The van der Waals surface area contributed by atoms with E-state index in [0.717, 1.165) is 30.0 Å². The van der Waals surface area contributed by atoms with Crippen LogP contribution in [0.3, 0.4) is 0 Å². The number of aryl methyl sites for hydroxylation is 1. The van der Waals surface area contributed by atoms with Crippen LogP contribution in [-0.2, 0) is 18.0 Å². The average Bonchev–Trinajstić information content (AvgIpc) is 2.83. The number of aromatic nitrogens is 3. The molecular formula is C12H10ClF3N4OS. The second-order valence-corrected chi connectivity index (χ2v) is 5.60. The first-order valence-corrected chi connectivity index (χ1v) is 7.27. The van der Waals surface area contributed by atoms with Gasteiger partial charge in [0.2, 0.25) is 5.91 Å². The highest BCUT2D eigenvalue weighted by atomic mass is 35.5. The number of nitrogens with one attached hydrogen (secondary N) is 1. The van der Waals surface area contributed by atoms with E-state index >= 15 is 0 Å². The maximum atomic E-state index is 12.5. The Balaban J connectivity index is 1.98. The number of amides is 1. The number of alkyl halides is 3. The zero-order chi connectivity index (χ0) is 16.3. The minimum Gasteiger partial charge on any atom is -0.324 e. The second kappa shape index (κ2) is 6.57. The SMILES string of the molecule is Cn1cnnc1SCC(=O)Nc1ccc(C(F)(F)F)cc1Cl. The molecule has 0 aliphatic rings. The van der Waals surface area contributed by atoms with E-state index in [2.05, 4.69) is 15.5 Å². The number of thioether (sulfide) groups is 1. The Morgan fingerprint density at radius 2 is 2.18 bits per heavy atom. The average molecular weight is 351 g/mol. The maximum absolute atomic E-state index is 12.5. The minimum absolute atomic E-state index is 0.0316. The number of anilines is 1. The first-order chi connectivity index (χ1) is 10.3. The highest BCUT2D eigenvalue weighted by Crippen LogP contribution is 2.33. The lowest BCUT2D eigenvalue weighted by Crippen LogP contribution is -2.15. The summed E-state index contributed by atoms with van der Waals surface area (Å²) in [5.41, 5.74) is -0.748. The van der Waals surface area contributed by atoms with Crippen LogP contribution in [0.2, 0.25) is 5.02 Å². The summed E-state index contributed by atoms with van der Waals surface area (Å²) in [6, 6.07) is 2.75. The Kier molecular flexibility index (Phi) is 4.97. The number of halogens is 4. The van der Waals surface area contributed by atoms with E-state index in [9.17, 15) is 18.0 Å². The fraction of sp³-hybridized carbons (Fsp3) is 0.250. The molecule has 0 saturated carbocycles. The molecule has 0 unspecified atom stereocenters. The van der Waals surface area contributed by atoms with Crippen molar-refractivity contribution in [3.8, 4) is 0 Å². The molecule has 2 aromatic rings. The summed E-state index contributed by atoms with van der Waals surface area (Å²) < 4.78 is 39.2. The van der Waals surface area contributed by atoms with Gasteiger partial charge in [0.15, 0.2) is 5.16 Å². The van der Waals surface area contributed by atoms with Crippen molar-refractivity contribution >= 4 is 35.0 Å². The van der Waals surface area contributed by atoms with Gasteiger partial charge in [-0.1, -0.05) is 23.4 Å². The van der Waals surface area contributed by atoms with Gasteiger partial charge < -0.3 is 9.88 Å². The fourth-order valence-corrected chi connectivity index (χ4v) is 2.43. The number of benzene rings is 1. The van der Waals surface area contributed by atoms with Crippen LogP contribution in [0.1, 0.15) is 5.56 Å². The van der Waals surface area contributed by atoms with E-state index in [0.29, 0.717) is 5.16 Å². The summed E-state index contributed by atoms with van der Waals surface area (Å²) in [6.45, 7) is 0. The molecule has 0 atom stereocenters. The summed E-state index contributed by atoms with van der Waals surface area (Å²) in [5.74, 6) is -0.376. The molecule has 22 heavy (non-hydrogen) atoms. The van der Waals surface area contributed by atoms with Crippen LogP contribution in [0.5, 0.6) is 0 Å². The summed E-state index contributed by atoms with van der Waals surface area (Å²) in [7, 11) is 1.73. The van der Waals surface area contributed by atoms with Crippen molar-refractivity contribution in [1.29, 1.82) is 0 Å². The molecule has 0 bridgehead atoms. The minimum atomic E-state index is -4.48. The summed E-state index contributed by atoms with van der Waals surface area (Å²) in [4.78, 5) is 11.8. The van der Waals surface area contributed by atoms with Gasteiger partial charge in [0.25, 0.3) is 0 Å². The molecule has 0 fully saturated rings. The van der Waals surface area contributed by atoms with Crippen molar-refractivity contribution in [2.75, 3.05) is 11.1 Å². The Morgan fingerprint density at radius 3 is 2.73 bits per heavy atom. The van der Waals surface area contributed by atoms with Gasteiger partial charge in [-0.15, -0.1) is 10.2 Å². The normalized spacial score (nSPS) is 11.5. The van der Waals surface area contributed by atoms with Crippen LogP contribution in [0.25, 0.3) is 0 Å². The van der Waals surface area contributed by atoms with Crippen LogP contribution < -0.4 is 5.32 Å². The highest BCUT2D eigenvalue weighted by Gasteiger charge is 2.30. The number of hydrogen-bond acceptors (Lipinski definition) is 4. The fourth-order valence-electron chi connectivity index (χ4n) is 1.51. The summed E-state index contributed by atoms with van der Waals surface area (Å²) >= 11 is 6.91. The standard InChI is InChI=1S/C12H10ClF3N4OS/c1-20-6-17-19-11(20)22-5-10(21)18-9-3-2-7(4-8(9)13)12(14,15)16/h2-4,6H,5H2,1H3,(H,18,21). The van der Waals surface area contributed by atoms with Crippen LogP contribution >= 0.6 is 23.4 Å². The molecule has 10 heteroatoms. The third kappa shape index (κ3) is 4.14. The molecule has 1 aromatic carbocycles. The molecule has 118 valence electrons. The third-order valence-corrected chi connectivity index (χ3v) is 3.92. The smallest absolute Gasteiger partial charge is 0.324 e. The Morgan fingerprint density at radius 1 is 1.45 bits per heavy atom. The van der Waals surface area contributed by atoms with Crippen molar-refractivity contribution < 1.29 is 18.0 Å². The van der Waals surface area contributed by atoms with E-state index in [1.807, 2.05) is 0 Å². The van der Waals surface area contributed by atoms with Crippen LogP contribution in [0.4, 0.5) is 18.9 Å². The van der Waals surface area contributed by atoms with E-state index in [1.54, 1.807) is 11.6 Å². The molecule has 1 aromatic heterocycles. The van der Waals surface area contributed by atoms with Crippen LogP contribution in [0, 0.1) is 0 Å². The monoisotopic (exact) mass is 350 g/mol. The number of carbonyl (C=O) groups excluding carboxylic acids is 1.